The molecular weight excluding hydrogens is 679 g/mol. The van der Waals surface area contributed by atoms with Crippen molar-refractivity contribution < 1.29 is 22.0 Å². The highest BCUT2D eigenvalue weighted by atomic mass is 32.2. The van der Waals surface area contributed by atoms with Crippen LogP contribution in [0.15, 0.2) is 142 Å². The Kier molecular flexibility index (Phi) is 10.5. The number of aryl methyl sites for hydroxylation is 2. The molecule has 0 fully saturated rings. The first-order valence-corrected chi connectivity index (χ1v) is 18.6. The molecule has 3 heterocycles. The summed E-state index contributed by atoms with van der Waals surface area (Å²) in [4.78, 5) is 15.4. The van der Waals surface area contributed by atoms with Crippen LogP contribution in [-0.4, -0.2) is 24.6 Å². The SMILES string of the molecule is C=CCn1c(=Cc2oc3ccc(-c4ccccc4)cc3[n+]2CC)sc(=CC=C2C=CN(C)c3ccccc32)c1=O.Cc1ccc(S(=O)(=O)[O-])cc1. The van der Waals surface area contributed by atoms with Gasteiger partial charge in [0.05, 0.1) is 15.5 Å². The second-order valence-corrected chi connectivity index (χ2v) is 14.3. The fraction of sp³-hybridized carbons (Fsp3) is 0.122. The number of benzene rings is 4. The van der Waals surface area contributed by atoms with Gasteiger partial charge >= 0.3 is 5.89 Å². The predicted molar refractivity (Wildman–Crippen MR) is 205 cm³/mol. The quantitative estimate of drug-likeness (QED) is 0.108. The number of aromatic nitrogens is 2. The molecular formula is C41H37N3O5S2. The molecule has 7 rings (SSSR count). The highest BCUT2D eigenvalue weighted by molar-refractivity contribution is 7.85. The number of fused-ring (bicyclic) bond motifs is 2. The Morgan fingerprint density at radius 3 is 2.37 bits per heavy atom. The third-order valence-electron chi connectivity index (χ3n) is 8.45. The summed E-state index contributed by atoms with van der Waals surface area (Å²) >= 11 is 1.46. The largest absolute Gasteiger partial charge is 0.744 e. The van der Waals surface area contributed by atoms with Gasteiger partial charge in [-0.2, -0.15) is 4.57 Å². The van der Waals surface area contributed by atoms with Crippen molar-refractivity contribution in [2.24, 2.45) is 0 Å². The predicted octanol–water partition coefficient (Wildman–Crippen LogP) is 6.37. The molecule has 0 atom stereocenters. The summed E-state index contributed by atoms with van der Waals surface area (Å²) in [5.41, 5.74) is 8.36. The molecule has 0 spiro atoms. The molecule has 0 unspecified atom stereocenters. The normalized spacial score (nSPS) is 14.1. The highest BCUT2D eigenvalue weighted by Gasteiger charge is 2.21. The molecule has 6 aromatic rings. The van der Waals surface area contributed by atoms with Crippen LogP contribution in [0.1, 0.15) is 23.9 Å². The Balaban J connectivity index is 0.000000349. The van der Waals surface area contributed by atoms with E-state index in [4.69, 9.17) is 4.42 Å². The minimum atomic E-state index is -4.27. The van der Waals surface area contributed by atoms with E-state index in [2.05, 4.69) is 65.4 Å². The highest BCUT2D eigenvalue weighted by Crippen LogP contribution is 2.31. The fourth-order valence-electron chi connectivity index (χ4n) is 5.81. The van der Waals surface area contributed by atoms with E-state index in [0.29, 0.717) is 17.0 Å². The average Bonchev–Trinajstić information content (AvgIpc) is 3.63. The zero-order valence-electron chi connectivity index (χ0n) is 28.5. The summed E-state index contributed by atoms with van der Waals surface area (Å²) in [6, 6.07) is 30.7. The van der Waals surface area contributed by atoms with Crippen molar-refractivity contribution in [1.29, 1.82) is 0 Å². The monoisotopic (exact) mass is 715 g/mol. The molecule has 0 radical (unpaired) electrons. The van der Waals surface area contributed by atoms with Gasteiger partial charge in [-0.05, 0) is 67.0 Å². The van der Waals surface area contributed by atoms with Crippen molar-refractivity contribution in [2.45, 2.75) is 31.8 Å². The number of hydrogen-bond acceptors (Lipinski definition) is 7. The summed E-state index contributed by atoms with van der Waals surface area (Å²) in [6.45, 7) is 8.96. The maximum atomic E-state index is 13.4. The standard InChI is InChI=1S/C34H30N3O2S.C7H8O3S/c1-4-20-37-33(40-31(34(37)38)18-16-25-19-21-35(3)28-14-10-9-13-27(25)28)23-32-36(5-2)29-22-26(15-17-30(29)39-32)24-11-7-6-8-12-24;1-6-2-4-7(5-3-6)11(8,9)10/h4,6-19,21-23H,1,5,20H2,2-3H3;2-5H,1H3,(H,8,9,10)/q+1;/p-1. The molecule has 0 N–H and O–H groups in total. The minimum Gasteiger partial charge on any atom is -0.744 e. The maximum Gasteiger partial charge on any atom is 0.377 e. The lowest BCUT2D eigenvalue weighted by Gasteiger charge is -2.23. The van der Waals surface area contributed by atoms with Crippen LogP contribution in [0.4, 0.5) is 5.69 Å². The third kappa shape index (κ3) is 7.78. The Morgan fingerprint density at radius 1 is 0.941 bits per heavy atom. The van der Waals surface area contributed by atoms with Gasteiger partial charge in [-0.1, -0.05) is 84.4 Å². The van der Waals surface area contributed by atoms with Crippen LogP contribution >= 0.6 is 11.3 Å². The molecule has 258 valence electrons. The lowest BCUT2D eigenvalue weighted by molar-refractivity contribution is -0.674. The third-order valence-corrected chi connectivity index (χ3v) is 10.4. The molecule has 1 aliphatic rings. The van der Waals surface area contributed by atoms with Crippen LogP contribution in [0.25, 0.3) is 40.0 Å². The number of allylic oxidation sites excluding steroid dienone is 4. The Morgan fingerprint density at radius 2 is 1.67 bits per heavy atom. The Bertz CT molecular complexity index is 2580. The van der Waals surface area contributed by atoms with Crippen LogP contribution in [0, 0.1) is 6.92 Å². The van der Waals surface area contributed by atoms with E-state index in [1.807, 2.05) is 74.8 Å². The van der Waals surface area contributed by atoms with Crippen molar-refractivity contribution in [3.05, 3.63) is 165 Å². The fourth-order valence-corrected chi connectivity index (χ4v) is 7.27. The van der Waals surface area contributed by atoms with E-state index in [1.165, 1.54) is 23.5 Å². The summed E-state index contributed by atoms with van der Waals surface area (Å²) in [7, 11) is -2.23. The molecule has 8 nitrogen and oxygen atoms in total. The number of oxazole rings is 1. The lowest BCUT2D eigenvalue weighted by atomic mass is 10.00. The average molecular weight is 716 g/mol. The molecule has 0 aliphatic carbocycles. The number of para-hydroxylation sites is 1. The second-order valence-electron chi connectivity index (χ2n) is 11.9. The van der Waals surface area contributed by atoms with Crippen molar-refractivity contribution in [3.63, 3.8) is 0 Å². The summed E-state index contributed by atoms with van der Waals surface area (Å²) < 4.78 is 42.9. The second kappa shape index (κ2) is 15.1. The van der Waals surface area contributed by atoms with Gasteiger partial charge in [-0.15, -0.1) is 17.9 Å². The first kappa shape index (κ1) is 35.3. The number of thiazole rings is 1. The molecule has 51 heavy (non-hydrogen) atoms. The van der Waals surface area contributed by atoms with Crippen LogP contribution in [0.3, 0.4) is 0 Å². The summed E-state index contributed by atoms with van der Waals surface area (Å²) in [6.07, 6.45) is 11.8. The van der Waals surface area contributed by atoms with Crippen LogP contribution < -0.4 is 24.2 Å². The molecule has 4 aromatic carbocycles. The van der Waals surface area contributed by atoms with E-state index in [0.717, 1.165) is 55.8 Å². The topological polar surface area (TPSA) is 99.5 Å². The Labute approximate surface area is 300 Å². The van der Waals surface area contributed by atoms with Gasteiger partial charge in [0.2, 0.25) is 5.58 Å². The number of nitrogens with zero attached hydrogens (tertiary/aromatic N) is 3. The van der Waals surface area contributed by atoms with E-state index in [-0.39, 0.29) is 10.5 Å². The zero-order chi connectivity index (χ0) is 36.1. The molecule has 0 bridgehead atoms. The van der Waals surface area contributed by atoms with E-state index < -0.39 is 10.1 Å². The number of rotatable bonds is 7. The molecule has 0 saturated carbocycles. The van der Waals surface area contributed by atoms with Crippen LogP contribution in [-0.2, 0) is 23.2 Å². The van der Waals surface area contributed by atoms with E-state index >= 15 is 0 Å². The van der Waals surface area contributed by atoms with E-state index in [9.17, 15) is 17.8 Å². The van der Waals surface area contributed by atoms with Gasteiger partial charge in [0.25, 0.3) is 11.1 Å². The molecule has 0 amide bonds. The van der Waals surface area contributed by atoms with E-state index in [1.54, 1.807) is 22.8 Å². The summed E-state index contributed by atoms with van der Waals surface area (Å²) in [5, 5.41) is 0. The van der Waals surface area contributed by atoms with Gasteiger partial charge in [0.1, 0.15) is 21.3 Å². The number of hydrogen-bond donors (Lipinski definition) is 0. The van der Waals surface area contributed by atoms with Crippen LogP contribution in [0.5, 0.6) is 0 Å². The zero-order valence-corrected chi connectivity index (χ0v) is 30.2. The van der Waals surface area contributed by atoms with Gasteiger partial charge in [0, 0.05) is 37.1 Å². The summed E-state index contributed by atoms with van der Waals surface area (Å²) in [5.74, 6) is 0.707. The maximum absolute atomic E-state index is 13.4. The number of anilines is 1. The first-order chi connectivity index (χ1) is 24.6. The molecule has 10 heteroatoms. The molecule has 2 aromatic heterocycles. The lowest BCUT2D eigenvalue weighted by Crippen LogP contribution is -2.35. The molecule has 1 aliphatic heterocycles. The van der Waals surface area contributed by atoms with Gasteiger partial charge in [-0.25, -0.2) is 8.42 Å². The van der Waals surface area contributed by atoms with Gasteiger partial charge < -0.3 is 13.9 Å². The van der Waals surface area contributed by atoms with Gasteiger partial charge in [0.15, 0.2) is 0 Å². The molecule has 0 saturated heterocycles. The van der Waals surface area contributed by atoms with Crippen molar-refractivity contribution >= 4 is 56.0 Å². The minimum absolute atomic E-state index is 0.0382. The first-order valence-electron chi connectivity index (χ1n) is 16.4. The smallest absolute Gasteiger partial charge is 0.377 e. The van der Waals surface area contributed by atoms with Crippen LogP contribution in [0.2, 0.25) is 0 Å². The Hall–Kier alpha value is -5.55. The van der Waals surface area contributed by atoms with Crippen molar-refractivity contribution in [1.82, 2.24) is 4.57 Å². The van der Waals surface area contributed by atoms with Crippen molar-refractivity contribution in [2.75, 3.05) is 11.9 Å². The van der Waals surface area contributed by atoms with Crippen molar-refractivity contribution in [3.8, 4) is 11.1 Å². The van der Waals surface area contributed by atoms with Gasteiger partial charge in [-0.3, -0.25) is 9.36 Å².